The Morgan fingerprint density at radius 2 is 0.878 bits per heavy atom. The van der Waals surface area contributed by atoms with Crippen molar-refractivity contribution in [1.82, 2.24) is 0 Å². The van der Waals surface area contributed by atoms with Gasteiger partial charge in [-0.25, -0.2) is 0 Å². The number of likely N-dealkylation sites (N-methyl/N-ethyl adjacent to an activating group) is 1. The second-order valence-corrected chi connectivity index (χ2v) is 16.1. The monoisotopic (exact) mass is 718 g/mol. The molecule has 0 saturated carbocycles. The SMILES string of the molecule is CCCCCCCCCCCCCCCC(=O)OCC(CO[P+](=O)OCC[N+](C)(C)C)OC(=O)CCCCCCCCCCCCCCC. The van der Waals surface area contributed by atoms with E-state index >= 15 is 0 Å². The van der Waals surface area contributed by atoms with Crippen molar-refractivity contribution in [1.29, 1.82) is 0 Å². The summed E-state index contributed by atoms with van der Waals surface area (Å²) in [5.74, 6) is -0.644. The van der Waals surface area contributed by atoms with Crippen molar-refractivity contribution in [3.8, 4) is 0 Å². The zero-order valence-corrected chi connectivity index (χ0v) is 33.9. The average molecular weight is 718 g/mol. The van der Waals surface area contributed by atoms with Gasteiger partial charge in [-0.05, 0) is 12.8 Å². The van der Waals surface area contributed by atoms with Crippen molar-refractivity contribution < 1.29 is 37.2 Å². The van der Waals surface area contributed by atoms with Crippen molar-refractivity contribution in [2.24, 2.45) is 0 Å². The molecule has 0 aliphatic heterocycles. The molecule has 0 aromatic heterocycles. The first-order valence-electron chi connectivity index (χ1n) is 20.6. The van der Waals surface area contributed by atoms with E-state index in [-0.39, 0.29) is 31.8 Å². The van der Waals surface area contributed by atoms with Gasteiger partial charge >= 0.3 is 20.2 Å². The number of quaternary nitrogens is 1. The third-order valence-corrected chi connectivity index (χ3v) is 9.78. The first kappa shape index (κ1) is 47.9. The molecule has 0 amide bonds. The Morgan fingerprint density at radius 3 is 1.27 bits per heavy atom. The predicted molar refractivity (Wildman–Crippen MR) is 204 cm³/mol. The number of carbonyl (C=O) groups is 2. The maximum Gasteiger partial charge on any atom is 0.697 e. The topological polar surface area (TPSA) is 88.1 Å². The summed E-state index contributed by atoms with van der Waals surface area (Å²) >= 11 is 0. The zero-order valence-electron chi connectivity index (χ0n) is 33.0. The maximum atomic E-state index is 12.6. The molecular formula is C40H80NO7P+2. The van der Waals surface area contributed by atoms with Crippen LogP contribution in [0.15, 0.2) is 0 Å². The summed E-state index contributed by atoms with van der Waals surface area (Å²) in [6.07, 6.45) is 32.2. The molecule has 0 aromatic carbocycles. The van der Waals surface area contributed by atoms with Crippen LogP contribution < -0.4 is 0 Å². The second kappa shape index (κ2) is 35.3. The lowest BCUT2D eigenvalue weighted by Gasteiger charge is -2.21. The minimum absolute atomic E-state index is 0.107. The molecule has 2 unspecified atom stereocenters. The third-order valence-electron chi connectivity index (χ3n) is 9.02. The largest absolute Gasteiger partial charge is 0.697 e. The highest BCUT2D eigenvalue weighted by Crippen LogP contribution is 2.24. The highest BCUT2D eigenvalue weighted by atomic mass is 31.1. The van der Waals surface area contributed by atoms with E-state index < -0.39 is 14.4 Å². The minimum atomic E-state index is -2.36. The van der Waals surface area contributed by atoms with Crippen LogP contribution in [0.5, 0.6) is 0 Å². The molecule has 0 N–H and O–H groups in total. The Morgan fingerprint density at radius 1 is 0.510 bits per heavy atom. The summed E-state index contributed by atoms with van der Waals surface area (Å²) in [4.78, 5) is 25.0. The predicted octanol–water partition coefficient (Wildman–Crippen LogP) is 11.8. The lowest BCUT2D eigenvalue weighted by atomic mass is 10.0. The Balaban J connectivity index is 4.25. The number of esters is 2. The fraction of sp³-hybridized carbons (Fsp3) is 0.950. The molecule has 8 nitrogen and oxygen atoms in total. The standard InChI is InChI=1S/C40H80NO7P/c1-6-8-10-12-14-16-18-20-22-24-26-28-30-32-39(42)45-36-38(37-47-49(44)46-35-34-41(3,4)5)48-40(43)33-31-29-27-25-23-21-19-17-15-13-11-9-7-2/h38H,6-37H2,1-5H3/q+2. The summed E-state index contributed by atoms with van der Waals surface area (Å²) in [6.45, 7) is 5.23. The first-order valence-corrected chi connectivity index (χ1v) is 21.7. The van der Waals surface area contributed by atoms with Gasteiger partial charge in [-0.15, -0.1) is 9.05 Å². The highest BCUT2D eigenvalue weighted by molar-refractivity contribution is 7.33. The normalized spacial score (nSPS) is 12.6. The maximum absolute atomic E-state index is 12.6. The van der Waals surface area contributed by atoms with Crippen molar-refractivity contribution in [3.63, 3.8) is 0 Å². The lowest BCUT2D eigenvalue weighted by molar-refractivity contribution is -0.870. The number of carbonyl (C=O) groups excluding carboxylic acids is 2. The molecule has 0 heterocycles. The van der Waals surface area contributed by atoms with E-state index in [2.05, 4.69) is 13.8 Å². The van der Waals surface area contributed by atoms with E-state index in [1.54, 1.807) is 0 Å². The molecule has 0 bridgehead atoms. The molecule has 0 radical (unpaired) electrons. The van der Waals surface area contributed by atoms with Gasteiger partial charge in [0.25, 0.3) is 0 Å². The summed E-state index contributed by atoms with van der Waals surface area (Å²) in [7, 11) is 3.71. The van der Waals surface area contributed by atoms with Crippen LogP contribution in [0.2, 0.25) is 0 Å². The molecule has 0 saturated heterocycles. The molecule has 0 rings (SSSR count). The Bertz CT molecular complexity index is 774. The van der Waals surface area contributed by atoms with E-state index in [1.165, 1.54) is 128 Å². The molecule has 9 heteroatoms. The van der Waals surface area contributed by atoms with E-state index in [0.717, 1.165) is 38.5 Å². The van der Waals surface area contributed by atoms with E-state index in [1.807, 2.05) is 21.1 Å². The van der Waals surface area contributed by atoms with E-state index in [0.29, 0.717) is 23.9 Å². The van der Waals surface area contributed by atoms with Crippen molar-refractivity contribution in [3.05, 3.63) is 0 Å². The molecule has 0 aliphatic carbocycles. The number of hydrogen-bond donors (Lipinski definition) is 0. The molecule has 290 valence electrons. The van der Waals surface area contributed by atoms with Crippen molar-refractivity contribution >= 4 is 20.2 Å². The zero-order chi connectivity index (χ0) is 36.3. The number of rotatable bonds is 38. The summed E-state index contributed by atoms with van der Waals surface area (Å²) in [5, 5.41) is 0. The third kappa shape index (κ3) is 38.0. The smallest absolute Gasteiger partial charge is 0.462 e. The fourth-order valence-corrected chi connectivity index (χ4v) is 6.36. The number of nitrogens with zero attached hydrogens (tertiary/aromatic N) is 1. The quantitative estimate of drug-likeness (QED) is 0.0272. The summed E-state index contributed by atoms with van der Waals surface area (Å²) < 4.78 is 34.7. The van der Waals surface area contributed by atoms with Crippen LogP contribution >= 0.6 is 8.25 Å². The van der Waals surface area contributed by atoms with Crippen LogP contribution in [0.4, 0.5) is 0 Å². The number of unbranched alkanes of at least 4 members (excludes halogenated alkanes) is 24. The van der Waals surface area contributed by atoms with Gasteiger partial charge in [-0.2, -0.15) is 0 Å². The fourth-order valence-electron chi connectivity index (χ4n) is 5.76. The molecule has 49 heavy (non-hydrogen) atoms. The van der Waals surface area contributed by atoms with Gasteiger partial charge in [0, 0.05) is 17.4 Å². The molecular weight excluding hydrogens is 637 g/mol. The number of ether oxygens (including phenoxy) is 2. The molecule has 2 atom stereocenters. The first-order chi connectivity index (χ1) is 23.7. The van der Waals surface area contributed by atoms with Crippen molar-refractivity contribution in [2.75, 3.05) is 47.5 Å². The van der Waals surface area contributed by atoms with Gasteiger partial charge in [0.05, 0.1) is 21.1 Å². The Hall–Kier alpha value is -1.08. The van der Waals surface area contributed by atoms with Gasteiger partial charge in [0.15, 0.2) is 12.7 Å². The second-order valence-electron chi connectivity index (χ2n) is 15.1. The number of hydrogen-bond acceptors (Lipinski definition) is 7. The van der Waals surface area contributed by atoms with Gasteiger partial charge in [0.2, 0.25) is 0 Å². The van der Waals surface area contributed by atoms with E-state index in [4.69, 9.17) is 18.5 Å². The van der Waals surface area contributed by atoms with Gasteiger partial charge in [-0.3, -0.25) is 9.59 Å². The summed E-state index contributed by atoms with van der Waals surface area (Å²) in [6, 6.07) is 0. The van der Waals surface area contributed by atoms with Crippen LogP contribution in [0.3, 0.4) is 0 Å². The minimum Gasteiger partial charge on any atom is -0.462 e. The molecule has 0 aliphatic rings. The van der Waals surface area contributed by atoms with Gasteiger partial charge in [-0.1, -0.05) is 168 Å². The highest BCUT2D eigenvalue weighted by Gasteiger charge is 2.27. The molecule has 0 spiro atoms. The molecule has 0 fully saturated rings. The van der Waals surface area contributed by atoms with Gasteiger partial charge in [0.1, 0.15) is 19.8 Å². The lowest BCUT2D eigenvalue weighted by Crippen LogP contribution is -2.37. The summed E-state index contributed by atoms with van der Waals surface area (Å²) in [5.41, 5.74) is 0. The van der Waals surface area contributed by atoms with E-state index in [9.17, 15) is 14.2 Å². The van der Waals surface area contributed by atoms with Crippen LogP contribution in [0.25, 0.3) is 0 Å². The van der Waals surface area contributed by atoms with Crippen LogP contribution in [0, 0.1) is 0 Å². The Labute approximate surface area is 304 Å². The molecule has 0 aromatic rings. The van der Waals surface area contributed by atoms with Crippen molar-refractivity contribution in [2.45, 2.75) is 200 Å². The van der Waals surface area contributed by atoms with Crippen LogP contribution in [-0.4, -0.2) is 70.0 Å². The van der Waals surface area contributed by atoms with Crippen LogP contribution in [-0.2, 0) is 32.7 Å². The Kier molecular flexibility index (Phi) is 34.5. The average Bonchev–Trinajstić information content (AvgIpc) is 3.06. The van der Waals surface area contributed by atoms with Gasteiger partial charge < -0.3 is 14.0 Å². The van der Waals surface area contributed by atoms with Crippen LogP contribution in [0.1, 0.15) is 194 Å².